The molecule has 1 N–H and O–H groups in total. The zero-order valence-corrected chi connectivity index (χ0v) is 15.5. The summed E-state index contributed by atoms with van der Waals surface area (Å²) in [5.41, 5.74) is 2.60. The lowest BCUT2D eigenvalue weighted by Crippen LogP contribution is -2.37. The number of nitrogens with zero attached hydrogens (tertiary/aromatic N) is 1. The van der Waals surface area contributed by atoms with Gasteiger partial charge < -0.3 is 10.2 Å². The summed E-state index contributed by atoms with van der Waals surface area (Å²) in [7, 11) is 0. The number of thioether (sulfide) groups is 1. The van der Waals surface area contributed by atoms with Gasteiger partial charge in [0, 0.05) is 35.8 Å². The van der Waals surface area contributed by atoms with Crippen LogP contribution in [0.3, 0.4) is 0 Å². The molecular weight excluding hydrogens is 356 g/mol. The molecule has 0 bridgehead atoms. The van der Waals surface area contributed by atoms with Crippen molar-refractivity contribution in [3.63, 3.8) is 0 Å². The predicted octanol–water partition coefficient (Wildman–Crippen LogP) is 4.09. The van der Waals surface area contributed by atoms with E-state index in [-0.39, 0.29) is 11.8 Å². The third-order valence-electron chi connectivity index (χ3n) is 4.14. The summed E-state index contributed by atoms with van der Waals surface area (Å²) in [5.74, 6) is 1.75. The maximum absolute atomic E-state index is 12.6. The Kier molecular flexibility index (Phi) is 5.66. The Morgan fingerprint density at radius 1 is 1.12 bits per heavy atom. The van der Waals surface area contributed by atoms with Crippen LogP contribution in [0.25, 0.3) is 0 Å². The van der Waals surface area contributed by atoms with Crippen LogP contribution < -0.4 is 5.32 Å². The van der Waals surface area contributed by atoms with Crippen molar-refractivity contribution in [3.05, 3.63) is 64.2 Å². The van der Waals surface area contributed by atoms with Gasteiger partial charge in [0.15, 0.2) is 0 Å². The fraction of sp³-hybridized carbons (Fsp3) is 0.263. The second-order valence-corrected chi connectivity index (χ2v) is 7.50. The maximum Gasteiger partial charge on any atom is 0.257 e. The monoisotopic (exact) mass is 374 g/mol. The molecule has 2 aromatic carbocycles. The Bertz CT molecular complexity index is 804. The molecule has 3 rings (SSSR count). The van der Waals surface area contributed by atoms with Crippen LogP contribution in [0.1, 0.15) is 26.3 Å². The molecule has 130 valence electrons. The third kappa shape index (κ3) is 4.17. The van der Waals surface area contributed by atoms with Gasteiger partial charge in [-0.15, -0.1) is 0 Å². The van der Waals surface area contributed by atoms with Crippen molar-refractivity contribution in [1.29, 1.82) is 0 Å². The van der Waals surface area contributed by atoms with Gasteiger partial charge in [-0.25, -0.2) is 0 Å². The molecule has 0 unspecified atom stereocenters. The quantitative estimate of drug-likeness (QED) is 0.880. The summed E-state index contributed by atoms with van der Waals surface area (Å²) in [6.45, 7) is 3.45. The molecular formula is C19H19ClN2O2S. The first-order valence-corrected chi connectivity index (χ1v) is 9.63. The maximum atomic E-state index is 12.6. The van der Waals surface area contributed by atoms with Crippen LogP contribution in [0.15, 0.2) is 42.5 Å². The number of benzene rings is 2. The second kappa shape index (κ2) is 7.93. The topological polar surface area (TPSA) is 49.4 Å². The average molecular weight is 375 g/mol. The van der Waals surface area contributed by atoms with Gasteiger partial charge in [0.05, 0.1) is 10.6 Å². The summed E-state index contributed by atoms with van der Waals surface area (Å²) in [5, 5.41) is 3.27. The fourth-order valence-corrected chi connectivity index (χ4v) is 3.85. The van der Waals surface area contributed by atoms with E-state index in [0.717, 1.165) is 30.2 Å². The first kappa shape index (κ1) is 17.8. The Hall–Kier alpha value is -1.98. The van der Waals surface area contributed by atoms with Crippen molar-refractivity contribution in [2.45, 2.75) is 6.92 Å². The van der Waals surface area contributed by atoms with E-state index in [9.17, 15) is 9.59 Å². The molecule has 0 spiro atoms. The molecule has 1 heterocycles. The summed E-state index contributed by atoms with van der Waals surface area (Å²) >= 11 is 7.94. The van der Waals surface area contributed by atoms with Crippen LogP contribution in [-0.2, 0) is 0 Å². The minimum Gasteiger partial charge on any atom is -0.337 e. The van der Waals surface area contributed by atoms with E-state index in [2.05, 4.69) is 5.32 Å². The number of halogens is 1. The molecule has 2 amide bonds. The molecule has 25 heavy (non-hydrogen) atoms. The molecule has 0 saturated carbocycles. The zero-order valence-electron chi connectivity index (χ0n) is 13.9. The number of carbonyl (C=O) groups excluding carboxylic acids is 2. The first-order valence-electron chi connectivity index (χ1n) is 8.10. The van der Waals surface area contributed by atoms with E-state index < -0.39 is 0 Å². The van der Waals surface area contributed by atoms with E-state index in [1.54, 1.807) is 36.4 Å². The number of rotatable bonds is 3. The number of anilines is 1. The van der Waals surface area contributed by atoms with Crippen molar-refractivity contribution in [2.24, 2.45) is 0 Å². The number of aryl methyl sites for hydroxylation is 1. The lowest BCUT2D eigenvalue weighted by molar-refractivity contribution is 0.0772. The Labute approximate surface area is 156 Å². The molecule has 0 aliphatic carbocycles. The number of hydrogen-bond donors (Lipinski definition) is 1. The Morgan fingerprint density at radius 3 is 2.52 bits per heavy atom. The highest BCUT2D eigenvalue weighted by Gasteiger charge is 2.19. The van der Waals surface area contributed by atoms with Gasteiger partial charge in [0.25, 0.3) is 11.8 Å². The molecule has 0 aromatic heterocycles. The van der Waals surface area contributed by atoms with Gasteiger partial charge in [0.1, 0.15) is 0 Å². The van der Waals surface area contributed by atoms with E-state index in [4.69, 9.17) is 11.6 Å². The average Bonchev–Trinajstić information content (AvgIpc) is 2.63. The van der Waals surface area contributed by atoms with Gasteiger partial charge in [0.2, 0.25) is 0 Å². The van der Waals surface area contributed by atoms with Gasteiger partial charge in [-0.05, 0) is 42.8 Å². The molecule has 1 saturated heterocycles. The summed E-state index contributed by atoms with van der Waals surface area (Å²) in [6.07, 6.45) is 0. The predicted molar refractivity (Wildman–Crippen MR) is 104 cm³/mol. The highest BCUT2D eigenvalue weighted by Crippen LogP contribution is 2.22. The van der Waals surface area contributed by atoms with Crippen LogP contribution >= 0.6 is 23.4 Å². The van der Waals surface area contributed by atoms with Crippen molar-refractivity contribution >= 4 is 40.9 Å². The molecule has 1 aliphatic heterocycles. The van der Waals surface area contributed by atoms with Gasteiger partial charge in [-0.2, -0.15) is 11.8 Å². The highest BCUT2D eigenvalue weighted by atomic mass is 35.5. The summed E-state index contributed by atoms with van der Waals surface area (Å²) < 4.78 is 0. The Balaban J connectivity index is 1.75. The minimum atomic E-state index is -0.263. The molecule has 6 heteroatoms. The number of carbonyl (C=O) groups is 2. The standard InChI is InChI=1S/C19H19ClN2O2S/c1-13-12-14(19(24)22-8-10-25-11-9-22)6-7-17(13)21-18(23)15-4-2-3-5-16(15)20/h2-7,12H,8-11H2,1H3,(H,21,23). The third-order valence-corrected chi connectivity index (χ3v) is 5.41. The number of nitrogens with one attached hydrogen (secondary N) is 1. The van der Waals surface area contributed by atoms with Crippen molar-refractivity contribution in [3.8, 4) is 0 Å². The van der Waals surface area contributed by atoms with E-state index >= 15 is 0 Å². The highest BCUT2D eigenvalue weighted by molar-refractivity contribution is 7.99. The molecule has 1 aliphatic rings. The summed E-state index contributed by atoms with van der Waals surface area (Å²) in [6, 6.07) is 12.3. The minimum absolute atomic E-state index is 0.0485. The molecule has 0 radical (unpaired) electrons. The number of amides is 2. The van der Waals surface area contributed by atoms with Crippen molar-refractivity contribution < 1.29 is 9.59 Å². The first-order chi connectivity index (χ1) is 12.1. The lowest BCUT2D eigenvalue weighted by Gasteiger charge is -2.26. The van der Waals surface area contributed by atoms with Gasteiger partial charge >= 0.3 is 0 Å². The zero-order chi connectivity index (χ0) is 17.8. The largest absolute Gasteiger partial charge is 0.337 e. The van der Waals surface area contributed by atoms with Crippen molar-refractivity contribution in [2.75, 3.05) is 29.9 Å². The van der Waals surface area contributed by atoms with Crippen molar-refractivity contribution in [1.82, 2.24) is 4.90 Å². The molecule has 0 atom stereocenters. The molecule has 1 fully saturated rings. The summed E-state index contributed by atoms with van der Waals surface area (Å²) in [4.78, 5) is 26.8. The fourth-order valence-electron chi connectivity index (χ4n) is 2.72. The number of hydrogen-bond acceptors (Lipinski definition) is 3. The van der Waals surface area contributed by atoms with Gasteiger partial charge in [-0.1, -0.05) is 23.7 Å². The van der Waals surface area contributed by atoms with Crippen LogP contribution in [-0.4, -0.2) is 41.3 Å². The van der Waals surface area contributed by atoms with Crippen LogP contribution in [0.4, 0.5) is 5.69 Å². The molecule has 2 aromatic rings. The van der Waals surface area contributed by atoms with E-state index in [1.807, 2.05) is 29.7 Å². The smallest absolute Gasteiger partial charge is 0.257 e. The van der Waals surface area contributed by atoms with E-state index in [0.29, 0.717) is 21.8 Å². The SMILES string of the molecule is Cc1cc(C(=O)N2CCSCC2)ccc1NC(=O)c1ccccc1Cl. The lowest BCUT2D eigenvalue weighted by atomic mass is 10.1. The van der Waals surface area contributed by atoms with Crippen LogP contribution in [0.2, 0.25) is 5.02 Å². The van der Waals surface area contributed by atoms with Gasteiger partial charge in [-0.3, -0.25) is 9.59 Å². The second-order valence-electron chi connectivity index (χ2n) is 5.87. The Morgan fingerprint density at radius 2 is 1.84 bits per heavy atom. The molecule has 4 nitrogen and oxygen atoms in total. The van der Waals surface area contributed by atoms with Crippen LogP contribution in [0, 0.1) is 6.92 Å². The normalized spacial score (nSPS) is 14.2. The van der Waals surface area contributed by atoms with Crippen LogP contribution in [0.5, 0.6) is 0 Å². The van der Waals surface area contributed by atoms with E-state index in [1.165, 1.54) is 0 Å².